The van der Waals surface area contributed by atoms with Crippen LogP contribution in [0.25, 0.3) is 0 Å². The van der Waals surface area contributed by atoms with Gasteiger partial charge in [-0.05, 0) is 42.3 Å². The van der Waals surface area contributed by atoms with Crippen molar-refractivity contribution < 1.29 is 18.6 Å². The topological polar surface area (TPSA) is 64.1 Å². The summed E-state index contributed by atoms with van der Waals surface area (Å²) in [5.74, 6) is 2.09. The lowest BCUT2D eigenvalue weighted by Gasteiger charge is -2.14. The number of guanidine groups is 1. The zero-order valence-electron chi connectivity index (χ0n) is 16.5. The van der Waals surface area contributed by atoms with Crippen LogP contribution in [-0.4, -0.2) is 33.8 Å². The molecule has 154 valence electrons. The van der Waals surface area contributed by atoms with Crippen molar-refractivity contribution in [3.8, 4) is 17.2 Å². The van der Waals surface area contributed by atoms with Crippen LogP contribution in [0.5, 0.6) is 17.2 Å². The van der Waals surface area contributed by atoms with Crippen molar-refractivity contribution in [3.63, 3.8) is 0 Å². The standard InChI is InChI=1S/C20H26FN3O3.HI/c1-5-22-20(23-12-14-7-6-8-16(21)9-14)24-13-15-10-17(25-2)19(27-4)18(11-15)26-3;/h6-11H,5,12-13H2,1-4H3,(H2,22,23,24);1H. The average Bonchev–Trinajstić information content (AvgIpc) is 2.69. The van der Waals surface area contributed by atoms with Crippen LogP contribution in [0.2, 0.25) is 0 Å². The molecule has 8 heteroatoms. The summed E-state index contributed by atoms with van der Waals surface area (Å²) in [5.41, 5.74) is 1.75. The minimum absolute atomic E-state index is 0. The van der Waals surface area contributed by atoms with Gasteiger partial charge >= 0.3 is 0 Å². The predicted molar refractivity (Wildman–Crippen MR) is 120 cm³/mol. The van der Waals surface area contributed by atoms with Crippen LogP contribution >= 0.6 is 24.0 Å². The van der Waals surface area contributed by atoms with E-state index in [-0.39, 0.29) is 29.8 Å². The van der Waals surface area contributed by atoms with Gasteiger partial charge in [0, 0.05) is 13.1 Å². The van der Waals surface area contributed by atoms with Gasteiger partial charge in [0.1, 0.15) is 5.82 Å². The Kier molecular flexibility index (Phi) is 10.4. The average molecular weight is 503 g/mol. The number of aliphatic imine (C=N–C) groups is 1. The molecular formula is C20H27FIN3O3. The SMILES string of the molecule is CCNC(=NCc1cc(OC)c(OC)c(OC)c1)NCc1cccc(F)c1.I. The lowest BCUT2D eigenvalue weighted by atomic mass is 10.2. The number of hydrogen-bond donors (Lipinski definition) is 2. The van der Waals surface area contributed by atoms with E-state index >= 15 is 0 Å². The van der Waals surface area contributed by atoms with Gasteiger partial charge in [-0.2, -0.15) is 0 Å². The first-order chi connectivity index (χ1) is 13.1. The van der Waals surface area contributed by atoms with Crippen LogP contribution in [0.4, 0.5) is 4.39 Å². The summed E-state index contributed by atoms with van der Waals surface area (Å²) in [7, 11) is 4.72. The van der Waals surface area contributed by atoms with Gasteiger partial charge in [-0.1, -0.05) is 12.1 Å². The molecule has 0 aromatic heterocycles. The zero-order valence-corrected chi connectivity index (χ0v) is 18.9. The molecular weight excluding hydrogens is 476 g/mol. The van der Waals surface area contributed by atoms with Gasteiger partial charge in [-0.15, -0.1) is 24.0 Å². The first-order valence-corrected chi connectivity index (χ1v) is 8.66. The molecule has 0 saturated heterocycles. The van der Waals surface area contributed by atoms with Gasteiger partial charge in [0.2, 0.25) is 5.75 Å². The molecule has 2 N–H and O–H groups in total. The smallest absolute Gasteiger partial charge is 0.203 e. The summed E-state index contributed by atoms with van der Waals surface area (Å²) in [4.78, 5) is 4.58. The van der Waals surface area contributed by atoms with Crippen molar-refractivity contribution in [2.24, 2.45) is 4.99 Å². The Bertz CT molecular complexity index is 762. The maximum atomic E-state index is 13.3. The molecule has 28 heavy (non-hydrogen) atoms. The normalized spacial score (nSPS) is 10.7. The van der Waals surface area contributed by atoms with Crippen molar-refractivity contribution in [1.29, 1.82) is 0 Å². The highest BCUT2D eigenvalue weighted by molar-refractivity contribution is 14.0. The van der Waals surface area contributed by atoms with E-state index in [1.165, 1.54) is 12.1 Å². The van der Waals surface area contributed by atoms with Gasteiger partial charge in [-0.3, -0.25) is 0 Å². The van der Waals surface area contributed by atoms with Crippen LogP contribution < -0.4 is 24.8 Å². The molecule has 0 aliphatic rings. The van der Waals surface area contributed by atoms with Gasteiger partial charge in [0.05, 0.1) is 27.9 Å². The van der Waals surface area contributed by atoms with Crippen LogP contribution in [0.1, 0.15) is 18.1 Å². The number of halogens is 2. The van der Waals surface area contributed by atoms with E-state index in [0.29, 0.717) is 42.8 Å². The maximum Gasteiger partial charge on any atom is 0.203 e. The van der Waals surface area contributed by atoms with E-state index in [0.717, 1.165) is 11.1 Å². The van der Waals surface area contributed by atoms with Crippen LogP contribution in [0, 0.1) is 5.82 Å². The van der Waals surface area contributed by atoms with Gasteiger partial charge in [0.25, 0.3) is 0 Å². The molecule has 2 aromatic carbocycles. The van der Waals surface area contributed by atoms with Crippen molar-refractivity contribution in [1.82, 2.24) is 10.6 Å². The molecule has 0 heterocycles. The molecule has 6 nitrogen and oxygen atoms in total. The fourth-order valence-corrected chi connectivity index (χ4v) is 2.57. The highest BCUT2D eigenvalue weighted by Gasteiger charge is 2.13. The van der Waals surface area contributed by atoms with E-state index in [2.05, 4.69) is 15.6 Å². The molecule has 2 aromatic rings. The van der Waals surface area contributed by atoms with E-state index < -0.39 is 0 Å². The van der Waals surface area contributed by atoms with Crippen molar-refractivity contribution in [2.45, 2.75) is 20.0 Å². The molecule has 0 amide bonds. The number of methoxy groups -OCH3 is 3. The Morgan fingerprint density at radius 1 is 0.964 bits per heavy atom. The third-order valence-electron chi connectivity index (χ3n) is 3.84. The largest absolute Gasteiger partial charge is 0.493 e. The fourth-order valence-electron chi connectivity index (χ4n) is 2.57. The molecule has 0 aliphatic heterocycles. The Morgan fingerprint density at radius 2 is 1.64 bits per heavy atom. The van der Waals surface area contributed by atoms with Crippen molar-refractivity contribution in [3.05, 3.63) is 53.3 Å². The second kappa shape index (κ2) is 12.3. The first-order valence-electron chi connectivity index (χ1n) is 8.66. The van der Waals surface area contributed by atoms with E-state index in [9.17, 15) is 4.39 Å². The quantitative estimate of drug-likeness (QED) is 0.327. The van der Waals surface area contributed by atoms with Crippen LogP contribution in [0.3, 0.4) is 0 Å². The molecule has 0 bridgehead atoms. The molecule has 0 aliphatic carbocycles. The minimum Gasteiger partial charge on any atom is -0.493 e. The Labute approximate surface area is 182 Å². The van der Waals surface area contributed by atoms with E-state index in [1.54, 1.807) is 27.4 Å². The molecule has 0 saturated carbocycles. The third-order valence-corrected chi connectivity index (χ3v) is 3.84. The number of nitrogens with zero attached hydrogens (tertiary/aromatic N) is 1. The molecule has 0 radical (unpaired) electrons. The van der Waals surface area contributed by atoms with Crippen molar-refractivity contribution in [2.75, 3.05) is 27.9 Å². The highest BCUT2D eigenvalue weighted by Crippen LogP contribution is 2.38. The van der Waals surface area contributed by atoms with Gasteiger partial charge in [0.15, 0.2) is 17.5 Å². The molecule has 0 spiro atoms. The third kappa shape index (κ3) is 6.74. The summed E-state index contributed by atoms with van der Waals surface area (Å²) >= 11 is 0. The second-order valence-corrected chi connectivity index (χ2v) is 5.71. The van der Waals surface area contributed by atoms with Gasteiger partial charge in [-0.25, -0.2) is 9.38 Å². The lowest BCUT2D eigenvalue weighted by Crippen LogP contribution is -2.36. The molecule has 0 atom stereocenters. The Morgan fingerprint density at radius 3 is 2.18 bits per heavy atom. The number of nitrogens with one attached hydrogen (secondary N) is 2. The summed E-state index contributed by atoms with van der Waals surface area (Å²) in [6, 6.07) is 10.2. The first kappa shape index (κ1) is 23.8. The van der Waals surface area contributed by atoms with Crippen LogP contribution in [-0.2, 0) is 13.1 Å². The summed E-state index contributed by atoms with van der Waals surface area (Å²) in [6.45, 7) is 3.58. The number of hydrogen-bond acceptors (Lipinski definition) is 4. The Hall–Kier alpha value is -2.23. The molecule has 0 unspecified atom stereocenters. The summed E-state index contributed by atoms with van der Waals surface area (Å²) < 4.78 is 29.4. The van der Waals surface area contributed by atoms with Gasteiger partial charge < -0.3 is 24.8 Å². The van der Waals surface area contributed by atoms with E-state index in [1.807, 2.05) is 25.1 Å². The maximum absolute atomic E-state index is 13.3. The summed E-state index contributed by atoms with van der Waals surface area (Å²) in [6.07, 6.45) is 0. The fraction of sp³-hybridized carbons (Fsp3) is 0.350. The van der Waals surface area contributed by atoms with Crippen molar-refractivity contribution >= 4 is 29.9 Å². The minimum atomic E-state index is -0.256. The highest BCUT2D eigenvalue weighted by atomic mass is 127. The molecule has 2 rings (SSSR count). The predicted octanol–water partition coefficient (Wildman–Crippen LogP) is 3.72. The van der Waals surface area contributed by atoms with E-state index in [4.69, 9.17) is 14.2 Å². The Balaban J connectivity index is 0.00000392. The zero-order chi connectivity index (χ0) is 19.6. The van der Waals surface area contributed by atoms with Crippen LogP contribution in [0.15, 0.2) is 41.4 Å². The second-order valence-electron chi connectivity index (χ2n) is 5.71. The number of ether oxygens (including phenoxy) is 3. The lowest BCUT2D eigenvalue weighted by molar-refractivity contribution is 0.324. The number of rotatable bonds is 8. The summed E-state index contributed by atoms with van der Waals surface area (Å²) in [5, 5.41) is 6.37. The molecule has 0 fully saturated rings. The monoisotopic (exact) mass is 503 g/mol. The number of benzene rings is 2.